The van der Waals surface area contributed by atoms with E-state index in [2.05, 4.69) is 15.8 Å². The van der Waals surface area contributed by atoms with Crippen molar-refractivity contribution >= 4 is 33.6 Å². The van der Waals surface area contributed by atoms with Crippen LogP contribution in [-0.4, -0.2) is 61.8 Å². The summed E-state index contributed by atoms with van der Waals surface area (Å²) in [6, 6.07) is 12.2. The molecule has 2 aromatic rings. The third kappa shape index (κ3) is 7.15. The van der Waals surface area contributed by atoms with Crippen LogP contribution in [0.5, 0.6) is 0 Å². The number of hydrogen-bond donors (Lipinski definition) is 1. The maximum atomic E-state index is 12.9. The second kappa shape index (κ2) is 12.5. The van der Waals surface area contributed by atoms with Crippen LogP contribution in [0.2, 0.25) is 0 Å². The molecule has 40 heavy (non-hydrogen) atoms. The van der Waals surface area contributed by atoms with Gasteiger partial charge in [0.15, 0.2) is 0 Å². The molecule has 0 aliphatic carbocycles. The normalized spacial score (nSPS) is 16.2. The summed E-state index contributed by atoms with van der Waals surface area (Å²) in [4.78, 5) is 46.1. The predicted octanol–water partition coefficient (Wildman–Crippen LogP) is 2.50. The first kappa shape index (κ1) is 29.0. The van der Waals surface area contributed by atoms with Crippen molar-refractivity contribution in [1.29, 1.82) is 5.26 Å². The van der Waals surface area contributed by atoms with Gasteiger partial charge in [-0.15, -0.1) is 0 Å². The second-order valence-corrected chi connectivity index (χ2v) is 12.0. The first-order valence-electron chi connectivity index (χ1n) is 13.3. The standard InChI is InChI=1S/C28H33N5O6S/c1-19(2)39-28(36)23-15-22(16-29)26(30-24(23)17-33-12-6-9-25(33)34)32-13-10-21(11-14-32)27(35)31-40(37,38)18-20-7-4-3-5-8-20/h3-5,7-8,15,19,21H,6,9-14,17-18H2,1-2H3,(H,31,35). The zero-order valence-corrected chi connectivity index (χ0v) is 23.4. The Labute approximate surface area is 234 Å². The molecule has 12 heteroatoms. The maximum absolute atomic E-state index is 12.9. The first-order chi connectivity index (χ1) is 19.1. The average molecular weight is 568 g/mol. The second-order valence-electron chi connectivity index (χ2n) is 10.3. The van der Waals surface area contributed by atoms with Crippen molar-refractivity contribution in [3.05, 3.63) is 58.8 Å². The summed E-state index contributed by atoms with van der Waals surface area (Å²) in [5.74, 6) is -1.63. The molecule has 11 nitrogen and oxygen atoms in total. The molecule has 0 spiro atoms. The number of carbonyl (C=O) groups excluding carboxylic acids is 3. The molecule has 0 bridgehead atoms. The highest BCUT2D eigenvalue weighted by Gasteiger charge is 2.31. The quantitative estimate of drug-likeness (QED) is 0.451. The summed E-state index contributed by atoms with van der Waals surface area (Å²) in [5.41, 5.74) is 1.26. The fourth-order valence-electron chi connectivity index (χ4n) is 4.91. The molecular weight excluding hydrogens is 534 g/mol. The minimum Gasteiger partial charge on any atom is -0.459 e. The van der Waals surface area contributed by atoms with Crippen LogP contribution in [0.25, 0.3) is 0 Å². The summed E-state index contributed by atoms with van der Waals surface area (Å²) >= 11 is 0. The van der Waals surface area contributed by atoms with Crippen LogP contribution in [0, 0.1) is 17.2 Å². The van der Waals surface area contributed by atoms with E-state index in [0.717, 1.165) is 6.42 Å². The van der Waals surface area contributed by atoms with E-state index in [9.17, 15) is 28.1 Å². The Balaban J connectivity index is 1.49. The van der Waals surface area contributed by atoms with Gasteiger partial charge in [0.2, 0.25) is 21.8 Å². The van der Waals surface area contributed by atoms with E-state index in [4.69, 9.17) is 4.74 Å². The number of benzene rings is 1. The van der Waals surface area contributed by atoms with Gasteiger partial charge in [0, 0.05) is 32.0 Å². The van der Waals surface area contributed by atoms with Gasteiger partial charge in [0.05, 0.1) is 35.2 Å². The van der Waals surface area contributed by atoms with Crippen molar-refractivity contribution < 1.29 is 27.5 Å². The monoisotopic (exact) mass is 567 g/mol. The molecule has 1 N–H and O–H groups in total. The lowest BCUT2D eigenvalue weighted by atomic mass is 9.96. The van der Waals surface area contributed by atoms with Crippen molar-refractivity contribution in [1.82, 2.24) is 14.6 Å². The van der Waals surface area contributed by atoms with Gasteiger partial charge < -0.3 is 14.5 Å². The summed E-state index contributed by atoms with van der Waals surface area (Å²) in [6.45, 7) is 4.84. The number of anilines is 1. The highest BCUT2D eigenvalue weighted by molar-refractivity contribution is 7.89. The van der Waals surface area contributed by atoms with E-state index < -0.39 is 27.8 Å². The molecule has 2 fully saturated rings. The van der Waals surface area contributed by atoms with E-state index in [0.29, 0.717) is 56.0 Å². The molecule has 2 aliphatic heterocycles. The number of pyridine rings is 1. The van der Waals surface area contributed by atoms with Crippen LogP contribution in [0.3, 0.4) is 0 Å². The summed E-state index contributed by atoms with van der Waals surface area (Å²) in [7, 11) is -3.85. The number of ether oxygens (including phenoxy) is 1. The van der Waals surface area contributed by atoms with Gasteiger partial charge in [-0.25, -0.2) is 18.2 Å². The van der Waals surface area contributed by atoms with Gasteiger partial charge in [-0.05, 0) is 44.7 Å². The van der Waals surface area contributed by atoms with Crippen LogP contribution in [0.1, 0.15) is 66.7 Å². The van der Waals surface area contributed by atoms with Crippen LogP contribution in [0.15, 0.2) is 36.4 Å². The molecule has 1 aromatic heterocycles. The Morgan fingerprint density at radius 3 is 2.48 bits per heavy atom. The van der Waals surface area contributed by atoms with Gasteiger partial charge in [-0.3, -0.25) is 14.3 Å². The van der Waals surface area contributed by atoms with Crippen LogP contribution >= 0.6 is 0 Å². The Kier molecular flexibility index (Phi) is 9.04. The van der Waals surface area contributed by atoms with E-state index in [1.807, 2.05) is 4.90 Å². The van der Waals surface area contributed by atoms with Crippen molar-refractivity contribution in [2.45, 2.75) is 57.9 Å². The lowest BCUT2D eigenvalue weighted by molar-refractivity contribution is -0.128. The number of rotatable bonds is 9. The Hall–Kier alpha value is -3.98. The SMILES string of the molecule is CC(C)OC(=O)c1cc(C#N)c(N2CCC(C(=O)NS(=O)(=O)Cc3ccccc3)CC2)nc1CN1CCCC1=O. The lowest BCUT2D eigenvalue weighted by Gasteiger charge is -2.33. The minimum absolute atomic E-state index is 0.0232. The number of nitriles is 1. The Morgan fingerprint density at radius 2 is 1.88 bits per heavy atom. The molecule has 0 unspecified atom stereocenters. The topological polar surface area (TPSA) is 150 Å². The molecule has 1 aromatic carbocycles. The van der Waals surface area contributed by atoms with E-state index in [1.54, 1.807) is 49.1 Å². The zero-order valence-electron chi connectivity index (χ0n) is 22.6. The molecule has 2 saturated heterocycles. The average Bonchev–Trinajstić information content (AvgIpc) is 3.32. The third-order valence-electron chi connectivity index (χ3n) is 6.90. The fourth-order valence-corrected chi connectivity index (χ4v) is 6.09. The highest BCUT2D eigenvalue weighted by Crippen LogP contribution is 2.28. The molecule has 2 aliphatic rings. The third-order valence-corrected chi connectivity index (χ3v) is 8.12. The number of esters is 1. The molecule has 212 valence electrons. The van der Waals surface area contributed by atoms with Crippen molar-refractivity contribution in [3.8, 4) is 6.07 Å². The molecule has 4 rings (SSSR count). The molecule has 2 amide bonds. The Morgan fingerprint density at radius 1 is 1.18 bits per heavy atom. The number of nitrogens with zero attached hydrogens (tertiary/aromatic N) is 4. The predicted molar refractivity (Wildman–Crippen MR) is 146 cm³/mol. The zero-order chi connectivity index (χ0) is 28.9. The van der Waals surface area contributed by atoms with E-state index >= 15 is 0 Å². The van der Waals surface area contributed by atoms with E-state index in [1.165, 1.54) is 6.07 Å². The van der Waals surface area contributed by atoms with Gasteiger partial charge in [-0.1, -0.05) is 30.3 Å². The van der Waals surface area contributed by atoms with E-state index in [-0.39, 0.29) is 35.4 Å². The maximum Gasteiger partial charge on any atom is 0.340 e. The Bertz CT molecular complexity index is 1410. The summed E-state index contributed by atoms with van der Waals surface area (Å²) < 4.78 is 32.6. The number of piperidine rings is 1. The first-order valence-corrected chi connectivity index (χ1v) is 15.0. The van der Waals surface area contributed by atoms with Gasteiger partial charge >= 0.3 is 5.97 Å². The highest BCUT2D eigenvalue weighted by atomic mass is 32.2. The van der Waals surface area contributed by atoms with Crippen molar-refractivity contribution in [2.24, 2.45) is 5.92 Å². The number of carbonyl (C=O) groups is 3. The van der Waals surface area contributed by atoms with Gasteiger partial charge in [-0.2, -0.15) is 5.26 Å². The number of likely N-dealkylation sites (tertiary alicyclic amines) is 1. The smallest absolute Gasteiger partial charge is 0.340 e. The van der Waals surface area contributed by atoms with Gasteiger partial charge in [0.1, 0.15) is 11.9 Å². The number of nitrogens with one attached hydrogen (secondary N) is 1. The fraction of sp³-hybridized carbons (Fsp3) is 0.464. The number of sulfonamides is 1. The number of amides is 2. The number of aromatic nitrogens is 1. The summed E-state index contributed by atoms with van der Waals surface area (Å²) in [6.07, 6.45) is 1.50. The molecule has 3 heterocycles. The minimum atomic E-state index is -3.85. The molecule has 0 saturated carbocycles. The molecular formula is C28H33N5O6S. The van der Waals surface area contributed by atoms with Crippen molar-refractivity contribution in [2.75, 3.05) is 24.5 Å². The lowest BCUT2D eigenvalue weighted by Crippen LogP contribution is -2.43. The van der Waals surface area contributed by atoms with Crippen LogP contribution < -0.4 is 9.62 Å². The number of hydrogen-bond acceptors (Lipinski definition) is 9. The van der Waals surface area contributed by atoms with Crippen LogP contribution in [-0.2, 0) is 36.6 Å². The molecule has 0 radical (unpaired) electrons. The van der Waals surface area contributed by atoms with Gasteiger partial charge in [0.25, 0.3) is 0 Å². The van der Waals surface area contributed by atoms with Crippen molar-refractivity contribution in [3.63, 3.8) is 0 Å². The largest absolute Gasteiger partial charge is 0.459 e. The molecule has 0 atom stereocenters. The summed E-state index contributed by atoms with van der Waals surface area (Å²) in [5, 5.41) is 9.88. The van der Waals surface area contributed by atoms with Crippen LogP contribution in [0.4, 0.5) is 5.82 Å².